The van der Waals surface area contributed by atoms with Crippen molar-refractivity contribution in [1.29, 1.82) is 0 Å². The van der Waals surface area contributed by atoms with Crippen molar-refractivity contribution in [3.63, 3.8) is 0 Å². The van der Waals surface area contributed by atoms with E-state index in [1.54, 1.807) is 26.0 Å². The summed E-state index contributed by atoms with van der Waals surface area (Å²) in [6, 6.07) is 6.24. The first kappa shape index (κ1) is 25.6. The molecule has 0 heterocycles. The number of nitrogens with one attached hydrogen (secondary N) is 1. The number of nitrogens with zero attached hydrogens (tertiary/aromatic N) is 1. The van der Waals surface area contributed by atoms with Crippen LogP contribution in [0.3, 0.4) is 0 Å². The SMILES string of the molecule is CCN(CC)C(=O)C12CC3CC(C1)C(CC(=O)C(C)(C)NS(=O)(=O)c1ccccc1Cl)C(C3)C2. The number of Topliss-reactive ketones (excluding diaryl/α,β-unsaturated/α-hetero) is 1. The van der Waals surface area contributed by atoms with Gasteiger partial charge in [0.2, 0.25) is 15.9 Å². The predicted octanol–water partition coefficient (Wildman–Crippen LogP) is 4.67. The maximum atomic E-state index is 13.4. The highest BCUT2D eigenvalue weighted by molar-refractivity contribution is 7.89. The van der Waals surface area contributed by atoms with Crippen LogP contribution in [0.25, 0.3) is 0 Å². The van der Waals surface area contributed by atoms with Crippen LogP contribution in [-0.2, 0) is 19.6 Å². The van der Waals surface area contributed by atoms with E-state index in [9.17, 15) is 18.0 Å². The zero-order chi connectivity index (χ0) is 24.9. The topological polar surface area (TPSA) is 83.6 Å². The van der Waals surface area contributed by atoms with Gasteiger partial charge in [-0.2, -0.15) is 4.72 Å². The van der Waals surface area contributed by atoms with Crippen molar-refractivity contribution in [2.24, 2.45) is 29.1 Å². The minimum Gasteiger partial charge on any atom is -0.343 e. The van der Waals surface area contributed by atoms with Crippen LogP contribution in [0, 0.1) is 29.1 Å². The summed E-state index contributed by atoms with van der Waals surface area (Å²) < 4.78 is 28.5. The highest BCUT2D eigenvalue weighted by atomic mass is 35.5. The molecule has 4 bridgehead atoms. The van der Waals surface area contributed by atoms with E-state index < -0.39 is 15.6 Å². The van der Waals surface area contributed by atoms with Gasteiger partial charge in [0.05, 0.1) is 16.0 Å². The maximum absolute atomic E-state index is 13.4. The van der Waals surface area contributed by atoms with Crippen LogP contribution in [-0.4, -0.2) is 43.6 Å². The van der Waals surface area contributed by atoms with E-state index in [4.69, 9.17) is 11.6 Å². The lowest BCUT2D eigenvalue weighted by Crippen LogP contribution is -2.58. The van der Waals surface area contributed by atoms with E-state index in [2.05, 4.69) is 4.72 Å². The van der Waals surface area contributed by atoms with E-state index in [1.165, 1.54) is 12.1 Å². The van der Waals surface area contributed by atoms with Gasteiger partial charge in [0.15, 0.2) is 5.78 Å². The minimum absolute atomic E-state index is 0.0241. The minimum atomic E-state index is -3.94. The van der Waals surface area contributed by atoms with Crippen LogP contribution in [0.4, 0.5) is 0 Å². The molecule has 8 heteroatoms. The third-order valence-corrected chi connectivity index (χ3v) is 10.8. The largest absolute Gasteiger partial charge is 0.343 e. The van der Waals surface area contributed by atoms with Crippen molar-refractivity contribution >= 4 is 33.3 Å². The Kier molecular flexibility index (Phi) is 6.95. The summed E-state index contributed by atoms with van der Waals surface area (Å²) in [5.41, 5.74) is -1.51. The van der Waals surface area contributed by atoms with Gasteiger partial charge in [-0.15, -0.1) is 0 Å². The van der Waals surface area contributed by atoms with Gasteiger partial charge in [0.1, 0.15) is 4.90 Å². The molecule has 1 aromatic rings. The van der Waals surface area contributed by atoms with Crippen LogP contribution in [0.1, 0.15) is 66.2 Å². The Labute approximate surface area is 208 Å². The molecule has 188 valence electrons. The molecule has 5 rings (SSSR count). The normalized spacial score (nSPS) is 30.4. The summed E-state index contributed by atoms with van der Waals surface area (Å²) >= 11 is 6.10. The molecule has 0 aliphatic heterocycles. The fraction of sp³-hybridized carbons (Fsp3) is 0.692. The summed E-state index contributed by atoms with van der Waals surface area (Å²) in [7, 11) is -3.94. The predicted molar refractivity (Wildman–Crippen MR) is 133 cm³/mol. The molecule has 1 aromatic carbocycles. The molecule has 4 aliphatic carbocycles. The van der Waals surface area contributed by atoms with Gasteiger partial charge >= 0.3 is 0 Å². The molecule has 4 fully saturated rings. The number of carbonyl (C=O) groups is 2. The molecule has 2 atom stereocenters. The fourth-order valence-corrected chi connectivity index (χ4v) is 9.07. The molecule has 34 heavy (non-hydrogen) atoms. The van der Waals surface area contributed by atoms with E-state index in [1.807, 2.05) is 18.7 Å². The second kappa shape index (κ2) is 9.21. The van der Waals surface area contributed by atoms with Gasteiger partial charge < -0.3 is 4.90 Å². The Bertz CT molecular complexity index is 1050. The lowest BCUT2D eigenvalue weighted by Gasteiger charge is -2.60. The first-order valence-electron chi connectivity index (χ1n) is 12.5. The quantitative estimate of drug-likeness (QED) is 0.525. The van der Waals surface area contributed by atoms with Crippen LogP contribution < -0.4 is 4.72 Å². The van der Waals surface area contributed by atoms with Crippen LogP contribution in [0.5, 0.6) is 0 Å². The number of halogens is 1. The summed E-state index contributed by atoms with van der Waals surface area (Å²) in [6.07, 6.45) is 5.20. The molecule has 2 unspecified atom stereocenters. The molecule has 0 aromatic heterocycles. The summed E-state index contributed by atoms with van der Waals surface area (Å²) in [5.74, 6) is 1.68. The molecular weight excluding hydrogens is 472 g/mol. The molecule has 4 aliphatic rings. The fourth-order valence-electron chi connectivity index (χ4n) is 7.15. The Morgan fingerprint density at radius 3 is 2.24 bits per heavy atom. The molecule has 4 saturated carbocycles. The van der Waals surface area contributed by atoms with Gasteiger partial charge in [0.25, 0.3) is 0 Å². The smallest absolute Gasteiger partial charge is 0.242 e. The van der Waals surface area contributed by atoms with Crippen LogP contribution >= 0.6 is 11.6 Å². The molecule has 0 saturated heterocycles. The number of hydrogen-bond acceptors (Lipinski definition) is 4. The molecule has 6 nitrogen and oxygen atoms in total. The van der Waals surface area contributed by atoms with Crippen molar-refractivity contribution in [1.82, 2.24) is 9.62 Å². The molecular formula is C26H37ClN2O4S. The van der Waals surface area contributed by atoms with E-state index in [0.29, 0.717) is 30.1 Å². The van der Waals surface area contributed by atoms with Crippen molar-refractivity contribution in [2.45, 2.75) is 76.7 Å². The van der Waals surface area contributed by atoms with Gasteiger partial charge in [-0.3, -0.25) is 9.59 Å². The Morgan fingerprint density at radius 2 is 1.68 bits per heavy atom. The first-order valence-corrected chi connectivity index (χ1v) is 14.4. The number of hydrogen-bond donors (Lipinski definition) is 1. The standard InChI is InChI=1S/C26H37ClN2O4S/c1-5-29(6-2)24(31)26-14-17-11-18(15-26)20(19(12-17)16-26)13-23(30)25(3,4)28-34(32,33)22-10-8-7-9-21(22)27/h7-10,17-20,28H,5-6,11-16H2,1-4H3. The summed E-state index contributed by atoms with van der Waals surface area (Å²) in [6.45, 7) is 8.80. The molecule has 0 radical (unpaired) electrons. The average Bonchev–Trinajstić information content (AvgIpc) is 2.75. The third-order valence-electron chi connectivity index (χ3n) is 8.61. The zero-order valence-corrected chi connectivity index (χ0v) is 22.2. The highest BCUT2D eigenvalue weighted by Gasteiger charge is 2.59. The lowest BCUT2D eigenvalue weighted by molar-refractivity contribution is -0.165. The van der Waals surface area contributed by atoms with Crippen LogP contribution in [0.2, 0.25) is 5.02 Å². The number of ketones is 1. The Balaban J connectivity index is 1.48. The van der Waals surface area contributed by atoms with E-state index in [0.717, 1.165) is 45.2 Å². The molecule has 1 amide bonds. The summed E-state index contributed by atoms with van der Waals surface area (Å²) in [5, 5.41) is 0.127. The number of sulfonamides is 1. The maximum Gasteiger partial charge on any atom is 0.242 e. The van der Waals surface area contributed by atoms with Crippen molar-refractivity contribution < 1.29 is 18.0 Å². The second-order valence-electron chi connectivity index (χ2n) is 11.2. The lowest BCUT2D eigenvalue weighted by atomic mass is 9.45. The molecule has 0 spiro atoms. The highest BCUT2D eigenvalue weighted by Crippen LogP contribution is 2.63. The number of carbonyl (C=O) groups excluding carboxylic acids is 2. The van der Waals surface area contributed by atoms with Gasteiger partial charge in [-0.05, 0) is 95.6 Å². The third kappa shape index (κ3) is 4.56. The first-order chi connectivity index (χ1) is 15.9. The Hall–Kier alpha value is -1.44. The zero-order valence-electron chi connectivity index (χ0n) is 20.6. The van der Waals surface area contributed by atoms with Crippen molar-refractivity contribution in [3.8, 4) is 0 Å². The number of amides is 1. The number of rotatable bonds is 9. The monoisotopic (exact) mass is 508 g/mol. The second-order valence-corrected chi connectivity index (χ2v) is 13.2. The molecule has 1 N–H and O–H groups in total. The average molecular weight is 509 g/mol. The van der Waals surface area contributed by atoms with E-state index >= 15 is 0 Å². The van der Waals surface area contributed by atoms with Crippen molar-refractivity contribution in [2.75, 3.05) is 13.1 Å². The van der Waals surface area contributed by atoms with Gasteiger partial charge in [-0.1, -0.05) is 23.7 Å². The summed E-state index contributed by atoms with van der Waals surface area (Å²) in [4.78, 5) is 28.8. The van der Waals surface area contributed by atoms with E-state index in [-0.39, 0.29) is 27.0 Å². The van der Waals surface area contributed by atoms with Crippen LogP contribution in [0.15, 0.2) is 29.2 Å². The Morgan fingerprint density at radius 1 is 1.09 bits per heavy atom. The van der Waals surface area contributed by atoms with Gasteiger partial charge in [-0.25, -0.2) is 8.42 Å². The number of benzene rings is 1. The van der Waals surface area contributed by atoms with Gasteiger partial charge in [0, 0.05) is 19.5 Å². The van der Waals surface area contributed by atoms with Crippen molar-refractivity contribution in [3.05, 3.63) is 29.3 Å².